The van der Waals surface area contributed by atoms with Gasteiger partial charge in [0.05, 0.1) is 17.6 Å². The van der Waals surface area contributed by atoms with Crippen LogP contribution in [0.2, 0.25) is 5.02 Å². The summed E-state index contributed by atoms with van der Waals surface area (Å²) in [5, 5.41) is 0.217. The molecule has 1 aromatic rings. The molecule has 1 aromatic carbocycles. The van der Waals surface area contributed by atoms with Crippen LogP contribution in [-0.2, 0) is 14.8 Å². The van der Waals surface area contributed by atoms with E-state index in [9.17, 15) is 13.2 Å². The summed E-state index contributed by atoms with van der Waals surface area (Å²) in [4.78, 5) is 11.5. The maximum atomic E-state index is 12.3. The molecule has 0 heterocycles. The topological polar surface area (TPSA) is 98.5 Å². The van der Waals surface area contributed by atoms with Gasteiger partial charge < -0.3 is 10.5 Å². The molecular formula is C13H17ClN2O4S. The van der Waals surface area contributed by atoms with Crippen molar-refractivity contribution in [2.75, 3.05) is 13.7 Å². The number of methoxy groups -OCH3 is 1. The average Bonchev–Trinajstić information content (AvgIpc) is 3.28. The second-order valence-corrected chi connectivity index (χ2v) is 7.16. The van der Waals surface area contributed by atoms with E-state index in [0.29, 0.717) is 5.92 Å². The molecule has 3 N–H and O–H groups in total. The molecule has 1 fully saturated rings. The van der Waals surface area contributed by atoms with Gasteiger partial charge in [0.1, 0.15) is 0 Å². The Balaban J connectivity index is 2.25. The Kier molecular flexibility index (Phi) is 4.88. The van der Waals surface area contributed by atoms with Crippen LogP contribution in [-0.4, -0.2) is 34.1 Å². The maximum Gasteiger partial charge on any atom is 0.339 e. The minimum atomic E-state index is -3.88. The first-order valence-corrected chi connectivity index (χ1v) is 8.34. The highest BCUT2D eigenvalue weighted by molar-refractivity contribution is 7.89. The van der Waals surface area contributed by atoms with Gasteiger partial charge in [-0.05, 0) is 37.0 Å². The number of halogens is 1. The molecule has 2 rings (SSSR count). The van der Waals surface area contributed by atoms with E-state index >= 15 is 0 Å². The van der Waals surface area contributed by atoms with E-state index in [0.717, 1.165) is 12.8 Å². The Morgan fingerprint density at radius 1 is 1.52 bits per heavy atom. The molecule has 0 bridgehead atoms. The Hall–Kier alpha value is -1.15. The molecule has 0 spiro atoms. The van der Waals surface area contributed by atoms with Gasteiger partial charge in [0.2, 0.25) is 10.0 Å². The van der Waals surface area contributed by atoms with Gasteiger partial charge in [0, 0.05) is 17.6 Å². The minimum absolute atomic E-state index is 0.0607. The molecular weight excluding hydrogens is 316 g/mol. The first-order valence-electron chi connectivity index (χ1n) is 6.48. The lowest BCUT2D eigenvalue weighted by atomic mass is 10.2. The van der Waals surface area contributed by atoms with Gasteiger partial charge in [-0.3, -0.25) is 0 Å². The minimum Gasteiger partial charge on any atom is -0.465 e. The maximum absolute atomic E-state index is 12.3. The van der Waals surface area contributed by atoms with Crippen molar-refractivity contribution in [1.82, 2.24) is 4.72 Å². The smallest absolute Gasteiger partial charge is 0.339 e. The zero-order chi connectivity index (χ0) is 15.6. The van der Waals surface area contributed by atoms with Crippen LogP contribution in [0, 0.1) is 5.92 Å². The molecule has 1 aliphatic rings. The van der Waals surface area contributed by atoms with E-state index in [1.165, 1.54) is 25.3 Å². The summed E-state index contributed by atoms with van der Waals surface area (Å²) in [6.07, 6.45) is 2.04. The third-order valence-electron chi connectivity index (χ3n) is 3.38. The molecule has 21 heavy (non-hydrogen) atoms. The molecule has 6 nitrogen and oxygen atoms in total. The SMILES string of the molecule is COC(=O)c1ccc(Cl)cc1S(=O)(=O)NCC(N)C1CC1. The van der Waals surface area contributed by atoms with Crippen molar-refractivity contribution in [3.05, 3.63) is 28.8 Å². The standard InChI is InChI=1S/C13H17ClN2O4S/c1-20-13(17)10-5-4-9(14)6-12(10)21(18,19)16-7-11(15)8-2-3-8/h4-6,8,11,16H,2-3,7,15H2,1H3. The van der Waals surface area contributed by atoms with E-state index < -0.39 is 16.0 Å². The van der Waals surface area contributed by atoms with Gasteiger partial charge in [-0.2, -0.15) is 0 Å². The number of ether oxygens (including phenoxy) is 1. The van der Waals surface area contributed by atoms with Crippen molar-refractivity contribution < 1.29 is 17.9 Å². The monoisotopic (exact) mass is 332 g/mol. The Morgan fingerprint density at radius 2 is 2.19 bits per heavy atom. The molecule has 1 unspecified atom stereocenters. The first-order chi connectivity index (χ1) is 9.85. The lowest BCUT2D eigenvalue weighted by molar-refractivity contribution is 0.0596. The number of hydrogen-bond donors (Lipinski definition) is 2. The average molecular weight is 333 g/mol. The number of nitrogens with one attached hydrogen (secondary N) is 1. The molecule has 1 aliphatic carbocycles. The molecule has 0 saturated heterocycles. The van der Waals surface area contributed by atoms with Crippen molar-refractivity contribution in [3.8, 4) is 0 Å². The zero-order valence-corrected chi connectivity index (χ0v) is 13.1. The molecule has 116 valence electrons. The van der Waals surface area contributed by atoms with E-state index in [4.69, 9.17) is 17.3 Å². The lowest BCUT2D eigenvalue weighted by Gasteiger charge is -2.14. The van der Waals surface area contributed by atoms with Crippen LogP contribution in [0.25, 0.3) is 0 Å². The number of carbonyl (C=O) groups is 1. The second kappa shape index (κ2) is 6.31. The summed E-state index contributed by atoms with van der Waals surface area (Å²) in [5.74, 6) is -0.370. The van der Waals surface area contributed by atoms with Crippen LogP contribution in [0.5, 0.6) is 0 Å². The van der Waals surface area contributed by atoms with E-state index in [-0.39, 0.29) is 28.1 Å². The van der Waals surface area contributed by atoms with E-state index in [1.807, 2.05) is 0 Å². The predicted octanol–water partition coefficient (Wildman–Crippen LogP) is 1.14. The number of carbonyl (C=O) groups excluding carboxylic acids is 1. The van der Waals surface area contributed by atoms with Gasteiger partial charge in [-0.25, -0.2) is 17.9 Å². The summed E-state index contributed by atoms with van der Waals surface area (Å²) in [6.45, 7) is 0.125. The highest BCUT2D eigenvalue weighted by Crippen LogP contribution is 2.31. The Labute approximate surface area is 128 Å². The van der Waals surface area contributed by atoms with Crippen molar-refractivity contribution in [3.63, 3.8) is 0 Å². The summed E-state index contributed by atoms with van der Waals surface area (Å²) in [6, 6.07) is 3.76. The fourth-order valence-corrected chi connectivity index (χ4v) is 3.50. The molecule has 0 radical (unpaired) electrons. The highest BCUT2D eigenvalue weighted by atomic mass is 35.5. The number of sulfonamides is 1. The Bertz CT molecular complexity index is 644. The van der Waals surface area contributed by atoms with Gasteiger partial charge in [0.15, 0.2) is 0 Å². The van der Waals surface area contributed by atoms with Gasteiger partial charge >= 0.3 is 5.97 Å². The van der Waals surface area contributed by atoms with Crippen molar-refractivity contribution in [2.24, 2.45) is 11.7 Å². The highest BCUT2D eigenvalue weighted by Gasteiger charge is 2.30. The van der Waals surface area contributed by atoms with Crippen molar-refractivity contribution in [1.29, 1.82) is 0 Å². The number of rotatable bonds is 6. The van der Waals surface area contributed by atoms with Crippen LogP contribution in [0.4, 0.5) is 0 Å². The fraction of sp³-hybridized carbons (Fsp3) is 0.462. The number of nitrogens with two attached hydrogens (primary N) is 1. The summed E-state index contributed by atoms with van der Waals surface area (Å²) in [5.41, 5.74) is 5.81. The third-order valence-corrected chi connectivity index (χ3v) is 5.07. The molecule has 1 atom stereocenters. The number of esters is 1. The van der Waals surface area contributed by atoms with Crippen molar-refractivity contribution >= 4 is 27.6 Å². The second-order valence-electron chi connectivity index (χ2n) is 4.99. The first kappa shape index (κ1) is 16.2. The predicted molar refractivity (Wildman–Crippen MR) is 78.7 cm³/mol. The van der Waals surface area contributed by atoms with Crippen LogP contribution >= 0.6 is 11.6 Å². The fourth-order valence-electron chi connectivity index (χ4n) is 1.97. The normalized spacial score (nSPS) is 16.5. The van der Waals surface area contributed by atoms with Crippen LogP contribution in [0.3, 0.4) is 0 Å². The molecule has 0 aliphatic heterocycles. The van der Waals surface area contributed by atoms with Gasteiger partial charge in [-0.15, -0.1) is 0 Å². The third kappa shape index (κ3) is 3.94. The quantitative estimate of drug-likeness (QED) is 0.761. The number of benzene rings is 1. The lowest BCUT2D eigenvalue weighted by Crippen LogP contribution is -2.39. The van der Waals surface area contributed by atoms with Crippen LogP contribution in [0.15, 0.2) is 23.1 Å². The van der Waals surface area contributed by atoms with Crippen LogP contribution in [0.1, 0.15) is 23.2 Å². The summed E-state index contributed by atoms with van der Waals surface area (Å²) >= 11 is 5.82. The van der Waals surface area contributed by atoms with Gasteiger partial charge in [-0.1, -0.05) is 11.6 Å². The largest absolute Gasteiger partial charge is 0.465 e. The van der Waals surface area contributed by atoms with E-state index in [1.54, 1.807) is 0 Å². The summed E-state index contributed by atoms with van der Waals surface area (Å²) < 4.78 is 31.7. The number of hydrogen-bond acceptors (Lipinski definition) is 5. The molecule has 0 amide bonds. The van der Waals surface area contributed by atoms with E-state index in [2.05, 4.69) is 9.46 Å². The van der Waals surface area contributed by atoms with Crippen LogP contribution < -0.4 is 10.5 Å². The van der Waals surface area contributed by atoms with Crippen molar-refractivity contribution in [2.45, 2.75) is 23.8 Å². The molecule has 1 saturated carbocycles. The Morgan fingerprint density at radius 3 is 2.76 bits per heavy atom. The zero-order valence-electron chi connectivity index (χ0n) is 11.5. The molecule has 8 heteroatoms. The molecule has 0 aromatic heterocycles. The van der Waals surface area contributed by atoms with Gasteiger partial charge in [0.25, 0.3) is 0 Å². The summed E-state index contributed by atoms with van der Waals surface area (Å²) in [7, 11) is -2.70.